The summed E-state index contributed by atoms with van der Waals surface area (Å²) in [6.07, 6.45) is 1.50. The maximum absolute atomic E-state index is 12.2. The molecule has 29 heavy (non-hydrogen) atoms. The van der Waals surface area contributed by atoms with Crippen LogP contribution >= 0.6 is 22.9 Å². The minimum absolute atomic E-state index is 0.323. The fraction of sp³-hybridized carbons (Fsp3) is 0.150. The van der Waals surface area contributed by atoms with Crippen molar-refractivity contribution in [3.8, 4) is 11.5 Å². The zero-order valence-corrected chi connectivity index (χ0v) is 17.4. The molecule has 7 nitrogen and oxygen atoms in total. The normalized spacial score (nSPS) is 10.9. The van der Waals surface area contributed by atoms with E-state index in [1.165, 1.54) is 6.21 Å². The van der Waals surface area contributed by atoms with E-state index >= 15 is 0 Å². The summed E-state index contributed by atoms with van der Waals surface area (Å²) in [5.74, 6) is 0.695. The molecular formula is C20H19ClN4O3S. The van der Waals surface area contributed by atoms with Crippen LogP contribution in [0.15, 0.2) is 47.6 Å². The Morgan fingerprint density at radius 2 is 2.07 bits per heavy atom. The SMILES string of the molecule is COc1cccc(/C=N\NC(=O)c2sc(N)nc2C)c1OCc1ccc(Cl)cc1. The second-order valence-corrected chi connectivity index (χ2v) is 7.43. The number of methoxy groups -OCH3 is 1. The molecule has 0 radical (unpaired) electrons. The van der Waals surface area contributed by atoms with Gasteiger partial charge in [0.2, 0.25) is 0 Å². The molecule has 3 aromatic rings. The summed E-state index contributed by atoms with van der Waals surface area (Å²) >= 11 is 7.03. The van der Waals surface area contributed by atoms with E-state index in [4.69, 9.17) is 26.8 Å². The Bertz CT molecular complexity index is 1030. The fourth-order valence-electron chi connectivity index (χ4n) is 2.52. The number of nitrogens with zero attached hydrogens (tertiary/aromatic N) is 2. The van der Waals surface area contributed by atoms with Gasteiger partial charge in [-0.1, -0.05) is 41.1 Å². The van der Waals surface area contributed by atoms with Crippen molar-refractivity contribution in [2.24, 2.45) is 5.10 Å². The number of nitrogens with one attached hydrogen (secondary N) is 1. The van der Waals surface area contributed by atoms with Crippen LogP contribution < -0.4 is 20.6 Å². The first-order valence-corrected chi connectivity index (χ1v) is 9.78. The average molecular weight is 431 g/mol. The van der Waals surface area contributed by atoms with Gasteiger partial charge in [-0.2, -0.15) is 5.10 Å². The minimum Gasteiger partial charge on any atom is -0.493 e. The number of benzene rings is 2. The molecule has 0 aliphatic carbocycles. The largest absolute Gasteiger partial charge is 0.493 e. The van der Waals surface area contributed by atoms with E-state index in [2.05, 4.69) is 15.5 Å². The van der Waals surface area contributed by atoms with Gasteiger partial charge in [0.05, 0.1) is 19.0 Å². The smallest absolute Gasteiger partial charge is 0.283 e. The molecule has 0 fully saturated rings. The third kappa shape index (κ3) is 5.24. The van der Waals surface area contributed by atoms with Crippen LogP contribution in [0.3, 0.4) is 0 Å². The predicted molar refractivity (Wildman–Crippen MR) is 115 cm³/mol. The van der Waals surface area contributed by atoms with Gasteiger partial charge in [0.1, 0.15) is 11.5 Å². The van der Waals surface area contributed by atoms with Gasteiger partial charge in [-0.15, -0.1) is 0 Å². The van der Waals surface area contributed by atoms with Crippen LogP contribution in [0.5, 0.6) is 11.5 Å². The Labute approximate surface area is 177 Å². The summed E-state index contributed by atoms with van der Waals surface area (Å²) < 4.78 is 11.3. The number of hydrogen-bond acceptors (Lipinski definition) is 7. The molecule has 1 heterocycles. The highest BCUT2D eigenvalue weighted by atomic mass is 35.5. The summed E-state index contributed by atoms with van der Waals surface area (Å²) in [6, 6.07) is 12.8. The van der Waals surface area contributed by atoms with Crippen molar-refractivity contribution < 1.29 is 14.3 Å². The topological polar surface area (TPSA) is 98.8 Å². The number of carbonyl (C=O) groups excluding carboxylic acids is 1. The van der Waals surface area contributed by atoms with E-state index in [-0.39, 0.29) is 5.91 Å². The first kappa shape index (κ1) is 20.6. The van der Waals surface area contributed by atoms with Crippen molar-refractivity contribution in [3.05, 3.63) is 69.2 Å². The molecule has 0 aliphatic heterocycles. The molecule has 1 amide bonds. The third-order valence-corrected chi connectivity index (χ3v) is 5.15. The number of hydrazone groups is 1. The standard InChI is InChI=1S/C20H19ClN4O3S/c1-12-18(29-20(22)24-12)19(26)25-23-10-14-4-3-5-16(27-2)17(14)28-11-13-6-8-15(21)9-7-13/h3-10H,11H2,1-2H3,(H2,22,24)(H,25,26)/b23-10-. The Balaban J connectivity index is 1.74. The number of halogens is 1. The van der Waals surface area contributed by atoms with E-state index in [0.29, 0.717) is 44.4 Å². The Kier molecular flexibility index (Phi) is 6.69. The summed E-state index contributed by atoms with van der Waals surface area (Å²) in [5, 5.41) is 5.03. The zero-order valence-electron chi connectivity index (χ0n) is 15.8. The van der Waals surface area contributed by atoms with Crippen molar-refractivity contribution in [2.75, 3.05) is 12.8 Å². The molecule has 150 valence electrons. The molecular weight excluding hydrogens is 412 g/mol. The third-order valence-electron chi connectivity index (χ3n) is 3.91. The number of amides is 1. The lowest BCUT2D eigenvalue weighted by molar-refractivity contribution is 0.0958. The lowest BCUT2D eigenvalue weighted by atomic mass is 10.2. The van der Waals surface area contributed by atoms with Crippen LogP contribution in [0, 0.1) is 6.92 Å². The average Bonchev–Trinajstić information content (AvgIpc) is 3.06. The van der Waals surface area contributed by atoms with Crippen LogP contribution in [0.1, 0.15) is 26.5 Å². The first-order valence-electron chi connectivity index (χ1n) is 8.58. The van der Waals surface area contributed by atoms with Gasteiger partial charge in [0, 0.05) is 10.6 Å². The number of carbonyl (C=O) groups is 1. The van der Waals surface area contributed by atoms with Gasteiger partial charge in [-0.05, 0) is 36.8 Å². The Hall–Kier alpha value is -3.10. The van der Waals surface area contributed by atoms with E-state index in [1.807, 2.05) is 24.3 Å². The number of ether oxygens (including phenoxy) is 2. The van der Waals surface area contributed by atoms with Crippen molar-refractivity contribution in [1.29, 1.82) is 0 Å². The number of aromatic nitrogens is 1. The van der Waals surface area contributed by atoms with Crippen molar-refractivity contribution >= 4 is 40.2 Å². The monoisotopic (exact) mass is 430 g/mol. The van der Waals surface area contributed by atoms with E-state index in [0.717, 1.165) is 16.9 Å². The quantitative estimate of drug-likeness (QED) is 0.435. The number of para-hydroxylation sites is 1. The van der Waals surface area contributed by atoms with E-state index in [9.17, 15) is 4.79 Å². The minimum atomic E-state index is -0.375. The number of hydrogen-bond donors (Lipinski definition) is 2. The van der Waals surface area contributed by atoms with Crippen molar-refractivity contribution in [2.45, 2.75) is 13.5 Å². The van der Waals surface area contributed by atoms with Gasteiger partial charge in [-0.3, -0.25) is 4.79 Å². The van der Waals surface area contributed by atoms with Crippen LogP contribution in [0.25, 0.3) is 0 Å². The summed E-state index contributed by atoms with van der Waals surface area (Å²) in [6.45, 7) is 2.04. The molecule has 0 spiro atoms. The van der Waals surface area contributed by atoms with Crippen molar-refractivity contribution in [1.82, 2.24) is 10.4 Å². The van der Waals surface area contributed by atoms with Crippen LogP contribution in [0.2, 0.25) is 5.02 Å². The first-order chi connectivity index (χ1) is 14.0. The van der Waals surface area contributed by atoms with Gasteiger partial charge in [0.15, 0.2) is 16.6 Å². The molecule has 0 saturated carbocycles. The van der Waals surface area contributed by atoms with Gasteiger partial charge < -0.3 is 15.2 Å². The maximum Gasteiger partial charge on any atom is 0.283 e. The predicted octanol–water partition coefficient (Wildman–Crippen LogP) is 4.04. The van der Waals surface area contributed by atoms with Gasteiger partial charge in [0.25, 0.3) is 5.91 Å². The highest BCUT2D eigenvalue weighted by Crippen LogP contribution is 2.31. The summed E-state index contributed by atoms with van der Waals surface area (Å²) in [7, 11) is 1.56. The molecule has 0 bridgehead atoms. The molecule has 0 unspecified atom stereocenters. The molecule has 3 N–H and O–H groups in total. The number of aryl methyl sites for hydroxylation is 1. The molecule has 0 aliphatic rings. The van der Waals surface area contributed by atoms with Gasteiger partial charge >= 0.3 is 0 Å². The summed E-state index contributed by atoms with van der Waals surface area (Å²) in [5.41, 5.74) is 10.3. The Morgan fingerprint density at radius 1 is 1.31 bits per heavy atom. The fourth-order valence-corrected chi connectivity index (χ4v) is 3.37. The molecule has 0 saturated heterocycles. The van der Waals surface area contributed by atoms with Crippen molar-refractivity contribution in [3.63, 3.8) is 0 Å². The number of rotatable bonds is 7. The molecule has 0 atom stereocenters. The second-order valence-electron chi connectivity index (χ2n) is 5.96. The molecule has 2 aromatic carbocycles. The maximum atomic E-state index is 12.2. The number of anilines is 1. The number of nitrogen functional groups attached to an aromatic ring is 1. The molecule has 9 heteroatoms. The number of nitrogens with two attached hydrogens (primary N) is 1. The van der Waals surface area contributed by atoms with Crippen LogP contribution in [0.4, 0.5) is 5.13 Å². The number of thiazole rings is 1. The highest BCUT2D eigenvalue weighted by Gasteiger charge is 2.14. The van der Waals surface area contributed by atoms with Gasteiger partial charge in [-0.25, -0.2) is 10.4 Å². The summed E-state index contributed by atoms with van der Waals surface area (Å²) in [4.78, 5) is 16.7. The van der Waals surface area contributed by atoms with Crippen LogP contribution in [-0.2, 0) is 6.61 Å². The van der Waals surface area contributed by atoms with Crippen LogP contribution in [-0.4, -0.2) is 24.2 Å². The molecule has 3 rings (SSSR count). The molecule has 1 aromatic heterocycles. The zero-order chi connectivity index (χ0) is 20.8. The lowest BCUT2D eigenvalue weighted by Crippen LogP contribution is -2.17. The van der Waals surface area contributed by atoms with E-state index < -0.39 is 0 Å². The Morgan fingerprint density at radius 3 is 2.72 bits per heavy atom. The highest BCUT2D eigenvalue weighted by molar-refractivity contribution is 7.17. The lowest BCUT2D eigenvalue weighted by Gasteiger charge is -2.13. The van der Waals surface area contributed by atoms with E-state index in [1.54, 1.807) is 32.2 Å². The second kappa shape index (κ2) is 9.40.